The van der Waals surface area contributed by atoms with Gasteiger partial charge in [0.15, 0.2) is 0 Å². The number of methoxy groups -OCH3 is 1. The molecule has 1 aliphatic heterocycles. The normalized spacial score (nSPS) is 26.1. The average Bonchev–Trinajstić information content (AvgIpc) is 2.28. The van der Waals surface area contributed by atoms with Gasteiger partial charge in [-0.1, -0.05) is 25.2 Å². The van der Waals surface area contributed by atoms with Crippen molar-refractivity contribution in [2.75, 3.05) is 7.11 Å². The molecule has 0 aromatic heterocycles. The minimum Gasteiger partial charge on any atom is -0.469 e. The van der Waals surface area contributed by atoms with Crippen LogP contribution in [0, 0.1) is 5.92 Å². The van der Waals surface area contributed by atoms with E-state index in [1.54, 1.807) is 6.08 Å². The zero-order valence-corrected chi connectivity index (χ0v) is 10.0. The lowest BCUT2D eigenvalue weighted by Crippen LogP contribution is -2.25. The lowest BCUT2D eigenvalue weighted by Gasteiger charge is -2.26. The monoisotopic (exact) mass is 224 g/mol. The van der Waals surface area contributed by atoms with E-state index in [4.69, 9.17) is 4.74 Å². The standard InChI is InChI=1S/C13H20O3/c1-4-11-6-5-7-12(16-11)8-10(2)9-13(14)15-3/h4-6,10-12H,1,7-9H2,2-3H3/t10-,11-,12+/m1/s1. The Morgan fingerprint density at radius 3 is 3.12 bits per heavy atom. The van der Waals surface area contributed by atoms with Crippen LogP contribution in [0.15, 0.2) is 24.8 Å². The van der Waals surface area contributed by atoms with Crippen molar-refractivity contribution in [2.45, 2.75) is 38.4 Å². The number of ether oxygens (including phenoxy) is 2. The van der Waals surface area contributed by atoms with Crippen molar-refractivity contribution in [2.24, 2.45) is 5.92 Å². The summed E-state index contributed by atoms with van der Waals surface area (Å²) in [5.74, 6) is 0.133. The molecule has 3 atom stereocenters. The Balaban J connectivity index is 2.34. The van der Waals surface area contributed by atoms with E-state index in [9.17, 15) is 4.79 Å². The molecule has 16 heavy (non-hydrogen) atoms. The van der Waals surface area contributed by atoms with Gasteiger partial charge in [0, 0.05) is 6.42 Å². The Bertz CT molecular complexity index is 270. The molecule has 0 spiro atoms. The van der Waals surface area contributed by atoms with E-state index >= 15 is 0 Å². The van der Waals surface area contributed by atoms with Gasteiger partial charge in [-0.25, -0.2) is 0 Å². The largest absolute Gasteiger partial charge is 0.469 e. The highest BCUT2D eigenvalue weighted by atomic mass is 16.5. The third-order valence-corrected chi connectivity index (χ3v) is 2.71. The minimum atomic E-state index is -0.154. The molecule has 1 rings (SSSR count). The summed E-state index contributed by atoms with van der Waals surface area (Å²) in [4.78, 5) is 11.1. The number of carbonyl (C=O) groups is 1. The summed E-state index contributed by atoms with van der Waals surface area (Å²) >= 11 is 0. The summed E-state index contributed by atoms with van der Waals surface area (Å²) < 4.78 is 10.4. The van der Waals surface area contributed by atoms with Gasteiger partial charge in [0.25, 0.3) is 0 Å². The van der Waals surface area contributed by atoms with Crippen molar-refractivity contribution >= 4 is 5.97 Å². The number of carbonyl (C=O) groups excluding carboxylic acids is 1. The third kappa shape index (κ3) is 4.19. The van der Waals surface area contributed by atoms with Crippen molar-refractivity contribution in [3.05, 3.63) is 24.8 Å². The predicted molar refractivity (Wildman–Crippen MR) is 63.0 cm³/mol. The molecular weight excluding hydrogens is 204 g/mol. The molecule has 0 aromatic carbocycles. The molecule has 0 radical (unpaired) electrons. The third-order valence-electron chi connectivity index (χ3n) is 2.71. The molecule has 1 aliphatic rings. The van der Waals surface area contributed by atoms with Gasteiger partial charge in [-0.15, -0.1) is 6.58 Å². The summed E-state index contributed by atoms with van der Waals surface area (Å²) in [5, 5.41) is 0. The molecule has 0 bridgehead atoms. The SMILES string of the molecule is C=C[C@@H]1C=CC[C@@H](C[C@@H](C)CC(=O)OC)O1. The first kappa shape index (κ1) is 13.0. The zero-order valence-electron chi connectivity index (χ0n) is 10.0. The number of rotatable bonds is 5. The molecule has 1 heterocycles. The first-order chi connectivity index (χ1) is 7.65. The van der Waals surface area contributed by atoms with E-state index in [1.807, 2.05) is 13.0 Å². The van der Waals surface area contributed by atoms with Crippen molar-refractivity contribution in [3.63, 3.8) is 0 Å². The highest BCUT2D eigenvalue weighted by Gasteiger charge is 2.20. The Kier molecular flexibility index (Phi) is 5.26. The van der Waals surface area contributed by atoms with Crippen LogP contribution < -0.4 is 0 Å². The fraction of sp³-hybridized carbons (Fsp3) is 0.615. The second-order valence-corrected chi connectivity index (χ2v) is 4.24. The van der Waals surface area contributed by atoms with Crippen LogP contribution >= 0.6 is 0 Å². The highest BCUT2D eigenvalue weighted by Crippen LogP contribution is 2.21. The van der Waals surface area contributed by atoms with E-state index in [-0.39, 0.29) is 24.1 Å². The van der Waals surface area contributed by atoms with Gasteiger partial charge < -0.3 is 9.47 Å². The number of hydrogen-bond acceptors (Lipinski definition) is 3. The van der Waals surface area contributed by atoms with Gasteiger partial charge in [-0.2, -0.15) is 0 Å². The topological polar surface area (TPSA) is 35.5 Å². The minimum absolute atomic E-state index is 0.0177. The molecule has 0 saturated heterocycles. The van der Waals surface area contributed by atoms with Crippen LogP contribution in [0.1, 0.15) is 26.2 Å². The van der Waals surface area contributed by atoms with E-state index in [0.29, 0.717) is 6.42 Å². The van der Waals surface area contributed by atoms with Crippen LogP contribution in [0.5, 0.6) is 0 Å². The van der Waals surface area contributed by atoms with Gasteiger partial charge in [0.1, 0.15) is 0 Å². The lowest BCUT2D eigenvalue weighted by molar-refractivity contribution is -0.141. The molecule has 0 N–H and O–H groups in total. The summed E-state index contributed by atoms with van der Waals surface area (Å²) in [6.07, 6.45) is 8.36. The Hall–Kier alpha value is -1.09. The molecule has 3 nitrogen and oxygen atoms in total. The maximum Gasteiger partial charge on any atom is 0.305 e. The maximum absolute atomic E-state index is 11.1. The van der Waals surface area contributed by atoms with Crippen molar-refractivity contribution in [1.82, 2.24) is 0 Å². The number of esters is 1. The Morgan fingerprint density at radius 2 is 2.50 bits per heavy atom. The highest BCUT2D eigenvalue weighted by molar-refractivity contribution is 5.69. The summed E-state index contributed by atoms with van der Waals surface area (Å²) in [7, 11) is 1.42. The average molecular weight is 224 g/mol. The van der Waals surface area contributed by atoms with Gasteiger partial charge in [0.05, 0.1) is 19.3 Å². The first-order valence-corrected chi connectivity index (χ1v) is 5.67. The van der Waals surface area contributed by atoms with E-state index in [0.717, 1.165) is 12.8 Å². The molecular formula is C13H20O3. The first-order valence-electron chi connectivity index (χ1n) is 5.67. The molecule has 0 unspecified atom stereocenters. The van der Waals surface area contributed by atoms with Crippen LogP contribution in [0.3, 0.4) is 0 Å². The van der Waals surface area contributed by atoms with Crippen molar-refractivity contribution < 1.29 is 14.3 Å². The molecule has 0 saturated carbocycles. The fourth-order valence-electron chi connectivity index (χ4n) is 1.87. The summed E-state index contributed by atoms with van der Waals surface area (Å²) in [6, 6.07) is 0. The van der Waals surface area contributed by atoms with Crippen LogP contribution in [0.25, 0.3) is 0 Å². The Morgan fingerprint density at radius 1 is 1.75 bits per heavy atom. The summed E-state index contributed by atoms with van der Waals surface area (Å²) in [6.45, 7) is 5.75. The maximum atomic E-state index is 11.1. The predicted octanol–water partition coefficient (Wildman–Crippen LogP) is 2.48. The molecule has 0 fully saturated rings. The molecule has 0 aromatic rings. The van der Waals surface area contributed by atoms with Crippen LogP contribution in [-0.4, -0.2) is 25.3 Å². The van der Waals surface area contributed by atoms with Crippen LogP contribution in [0.2, 0.25) is 0 Å². The van der Waals surface area contributed by atoms with Gasteiger partial charge >= 0.3 is 5.97 Å². The quantitative estimate of drug-likeness (QED) is 0.531. The van der Waals surface area contributed by atoms with Crippen LogP contribution in [0.4, 0.5) is 0 Å². The fourth-order valence-corrected chi connectivity index (χ4v) is 1.87. The van der Waals surface area contributed by atoms with Gasteiger partial charge in [0.2, 0.25) is 0 Å². The van der Waals surface area contributed by atoms with E-state index < -0.39 is 0 Å². The van der Waals surface area contributed by atoms with Crippen molar-refractivity contribution in [1.29, 1.82) is 0 Å². The van der Waals surface area contributed by atoms with Gasteiger partial charge in [-0.05, 0) is 18.8 Å². The molecule has 0 amide bonds. The van der Waals surface area contributed by atoms with Crippen LogP contribution in [-0.2, 0) is 14.3 Å². The second kappa shape index (κ2) is 6.48. The summed E-state index contributed by atoms with van der Waals surface area (Å²) in [5.41, 5.74) is 0. The Labute approximate surface area is 97.1 Å². The number of hydrogen-bond donors (Lipinski definition) is 0. The van der Waals surface area contributed by atoms with E-state index in [2.05, 4.69) is 17.4 Å². The van der Waals surface area contributed by atoms with E-state index in [1.165, 1.54) is 7.11 Å². The van der Waals surface area contributed by atoms with Gasteiger partial charge in [-0.3, -0.25) is 4.79 Å². The molecule has 90 valence electrons. The zero-order chi connectivity index (χ0) is 12.0. The molecule has 0 aliphatic carbocycles. The molecule has 3 heteroatoms. The lowest BCUT2D eigenvalue weighted by atomic mass is 9.97. The van der Waals surface area contributed by atoms with Crippen molar-refractivity contribution in [3.8, 4) is 0 Å². The second-order valence-electron chi connectivity index (χ2n) is 4.24. The smallest absolute Gasteiger partial charge is 0.305 e.